The van der Waals surface area contributed by atoms with Crippen molar-refractivity contribution in [3.63, 3.8) is 0 Å². The van der Waals surface area contributed by atoms with Crippen LogP contribution in [0.25, 0.3) is 0 Å². The lowest BCUT2D eigenvalue weighted by atomic mass is 9.93. The SMILES string of the molecule is CC(C)N1CCCC[C@@H]1c1cccnc1N1CCCCC1. The number of hydrogen-bond donors (Lipinski definition) is 0. The maximum Gasteiger partial charge on any atom is 0.133 e. The van der Waals surface area contributed by atoms with E-state index in [9.17, 15) is 0 Å². The third-order valence-electron chi connectivity index (χ3n) is 5.04. The van der Waals surface area contributed by atoms with E-state index in [-0.39, 0.29) is 0 Å². The van der Waals surface area contributed by atoms with Crippen LogP contribution < -0.4 is 4.90 Å². The summed E-state index contributed by atoms with van der Waals surface area (Å²) in [6.07, 6.45) is 9.94. The first-order valence-corrected chi connectivity index (χ1v) is 8.73. The monoisotopic (exact) mass is 287 g/mol. The van der Waals surface area contributed by atoms with E-state index in [1.807, 2.05) is 6.20 Å². The van der Waals surface area contributed by atoms with Crippen molar-refractivity contribution in [1.82, 2.24) is 9.88 Å². The molecule has 0 amide bonds. The van der Waals surface area contributed by atoms with Crippen LogP contribution in [0.2, 0.25) is 0 Å². The van der Waals surface area contributed by atoms with Crippen LogP contribution in [-0.4, -0.2) is 35.6 Å². The molecule has 0 saturated carbocycles. The number of aromatic nitrogens is 1. The van der Waals surface area contributed by atoms with Crippen LogP contribution in [0, 0.1) is 0 Å². The van der Waals surface area contributed by atoms with E-state index in [0.717, 1.165) is 0 Å². The second-order valence-electron chi connectivity index (χ2n) is 6.81. The van der Waals surface area contributed by atoms with Crippen molar-refractivity contribution in [3.05, 3.63) is 23.9 Å². The minimum atomic E-state index is 0.560. The molecule has 2 aliphatic rings. The highest BCUT2D eigenvalue weighted by Gasteiger charge is 2.29. The molecule has 1 aromatic rings. The zero-order valence-electron chi connectivity index (χ0n) is 13.6. The van der Waals surface area contributed by atoms with Crippen LogP contribution in [0.3, 0.4) is 0 Å². The average molecular weight is 287 g/mol. The summed E-state index contributed by atoms with van der Waals surface area (Å²) >= 11 is 0. The van der Waals surface area contributed by atoms with Crippen molar-refractivity contribution in [2.24, 2.45) is 0 Å². The van der Waals surface area contributed by atoms with Gasteiger partial charge in [-0.25, -0.2) is 4.98 Å². The second-order valence-corrected chi connectivity index (χ2v) is 6.81. The lowest BCUT2D eigenvalue weighted by Crippen LogP contribution is -2.40. The van der Waals surface area contributed by atoms with E-state index in [0.29, 0.717) is 12.1 Å². The first kappa shape index (κ1) is 14.8. The molecule has 116 valence electrons. The topological polar surface area (TPSA) is 19.4 Å². The van der Waals surface area contributed by atoms with E-state index in [2.05, 4.69) is 35.8 Å². The van der Waals surface area contributed by atoms with Gasteiger partial charge in [0.2, 0.25) is 0 Å². The Morgan fingerprint density at radius 2 is 1.81 bits per heavy atom. The molecule has 2 saturated heterocycles. The van der Waals surface area contributed by atoms with Gasteiger partial charge in [-0.2, -0.15) is 0 Å². The van der Waals surface area contributed by atoms with Crippen LogP contribution in [0.15, 0.2) is 18.3 Å². The molecular formula is C18H29N3. The molecule has 3 heterocycles. The van der Waals surface area contributed by atoms with Crippen molar-refractivity contribution in [3.8, 4) is 0 Å². The van der Waals surface area contributed by atoms with Gasteiger partial charge in [-0.05, 0) is 58.6 Å². The minimum Gasteiger partial charge on any atom is -0.356 e. The zero-order valence-corrected chi connectivity index (χ0v) is 13.6. The van der Waals surface area contributed by atoms with Crippen molar-refractivity contribution < 1.29 is 0 Å². The summed E-state index contributed by atoms with van der Waals surface area (Å²) in [5.74, 6) is 1.26. The summed E-state index contributed by atoms with van der Waals surface area (Å²) in [4.78, 5) is 9.96. The van der Waals surface area contributed by atoms with Gasteiger partial charge in [0, 0.05) is 36.9 Å². The van der Waals surface area contributed by atoms with Gasteiger partial charge in [0.15, 0.2) is 0 Å². The number of likely N-dealkylation sites (tertiary alicyclic amines) is 1. The third kappa shape index (κ3) is 3.23. The summed E-state index contributed by atoms with van der Waals surface area (Å²) in [5.41, 5.74) is 1.47. The van der Waals surface area contributed by atoms with E-state index in [4.69, 9.17) is 4.98 Å². The highest BCUT2D eigenvalue weighted by Crippen LogP contribution is 2.37. The highest BCUT2D eigenvalue weighted by molar-refractivity contribution is 5.49. The number of piperidine rings is 2. The third-order valence-corrected chi connectivity index (χ3v) is 5.04. The standard InChI is InChI=1S/C18H29N3/c1-15(2)21-14-7-4-10-17(21)16-9-8-11-19-18(16)20-12-5-3-6-13-20/h8-9,11,15,17H,3-7,10,12-14H2,1-2H3/t17-/m1/s1. The number of pyridine rings is 1. The minimum absolute atomic E-state index is 0.560. The Balaban J connectivity index is 1.89. The zero-order chi connectivity index (χ0) is 14.7. The molecule has 2 fully saturated rings. The molecule has 0 N–H and O–H groups in total. The van der Waals surface area contributed by atoms with Gasteiger partial charge in [0.05, 0.1) is 0 Å². The van der Waals surface area contributed by atoms with E-state index in [1.165, 1.54) is 69.5 Å². The number of rotatable bonds is 3. The maximum atomic E-state index is 4.77. The molecule has 21 heavy (non-hydrogen) atoms. The molecule has 0 radical (unpaired) electrons. The molecule has 3 nitrogen and oxygen atoms in total. The second kappa shape index (κ2) is 6.78. The molecule has 3 rings (SSSR count). The van der Waals surface area contributed by atoms with Crippen molar-refractivity contribution >= 4 is 5.82 Å². The van der Waals surface area contributed by atoms with Crippen molar-refractivity contribution in [2.45, 2.75) is 64.5 Å². The van der Waals surface area contributed by atoms with Gasteiger partial charge in [-0.3, -0.25) is 4.90 Å². The van der Waals surface area contributed by atoms with Gasteiger partial charge in [-0.1, -0.05) is 12.5 Å². The molecule has 1 atom stereocenters. The molecule has 0 spiro atoms. The Hall–Kier alpha value is -1.09. The van der Waals surface area contributed by atoms with Gasteiger partial charge in [0.1, 0.15) is 5.82 Å². The quantitative estimate of drug-likeness (QED) is 0.837. The molecule has 0 aromatic carbocycles. The first-order valence-electron chi connectivity index (χ1n) is 8.73. The van der Waals surface area contributed by atoms with Gasteiger partial charge in [0.25, 0.3) is 0 Å². The van der Waals surface area contributed by atoms with Crippen LogP contribution in [0.1, 0.15) is 64.0 Å². The summed E-state index contributed by atoms with van der Waals surface area (Å²) in [6, 6.07) is 5.62. The first-order chi connectivity index (χ1) is 10.3. The lowest BCUT2D eigenvalue weighted by molar-refractivity contribution is 0.112. The molecule has 3 heteroatoms. The van der Waals surface area contributed by atoms with Gasteiger partial charge in [-0.15, -0.1) is 0 Å². The predicted molar refractivity (Wildman–Crippen MR) is 88.7 cm³/mol. The average Bonchev–Trinajstić information content (AvgIpc) is 2.55. The van der Waals surface area contributed by atoms with E-state index >= 15 is 0 Å². The van der Waals surface area contributed by atoms with E-state index < -0.39 is 0 Å². The van der Waals surface area contributed by atoms with Crippen LogP contribution in [0.5, 0.6) is 0 Å². The summed E-state index contributed by atoms with van der Waals surface area (Å²) in [5, 5.41) is 0. The fraction of sp³-hybridized carbons (Fsp3) is 0.722. The Kier molecular flexibility index (Phi) is 4.79. The Bertz CT molecular complexity index is 452. The number of anilines is 1. The van der Waals surface area contributed by atoms with Gasteiger partial charge >= 0.3 is 0 Å². The van der Waals surface area contributed by atoms with Crippen LogP contribution in [0.4, 0.5) is 5.82 Å². The van der Waals surface area contributed by atoms with Crippen molar-refractivity contribution in [2.75, 3.05) is 24.5 Å². The predicted octanol–water partition coefficient (Wildman–Crippen LogP) is 4.01. The molecule has 0 bridgehead atoms. The summed E-state index contributed by atoms with van der Waals surface area (Å²) < 4.78 is 0. The Morgan fingerprint density at radius 3 is 2.57 bits per heavy atom. The van der Waals surface area contributed by atoms with Crippen molar-refractivity contribution in [1.29, 1.82) is 0 Å². The molecular weight excluding hydrogens is 258 g/mol. The van der Waals surface area contributed by atoms with Gasteiger partial charge < -0.3 is 4.90 Å². The van der Waals surface area contributed by atoms with E-state index in [1.54, 1.807) is 0 Å². The molecule has 0 unspecified atom stereocenters. The smallest absolute Gasteiger partial charge is 0.133 e. The lowest BCUT2D eigenvalue weighted by Gasteiger charge is -2.40. The fourth-order valence-corrected chi connectivity index (χ4v) is 3.95. The molecule has 0 aliphatic carbocycles. The normalized spacial score (nSPS) is 24.5. The number of nitrogens with zero attached hydrogens (tertiary/aromatic N) is 3. The molecule has 1 aromatic heterocycles. The Labute approximate surface area is 129 Å². The summed E-state index contributed by atoms with van der Waals surface area (Å²) in [7, 11) is 0. The van der Waals surface area contributed by atoms with Crippen LogP contribution >= 0.6 is 0 Å². The Morgan fingerprint density at radius 1 is 1.05 bits per heavy atom. The largest absolute Gasteiger partial charge is 0.356 e. The highest BCUT2D eigenvalue weighted by atomic mass is 15.2. The molecule has 2 aliphatic heterocycles. The summed E-state index contributed by atoms with van der Waals surface area (Å²) in [6.45, 7) is 8.25. The fourth-order valence-electron chi connectivity index (χ4n) is 3.95. The number of hydrogen-bond acceptors (Lipinski definition) is 3. The van der Waals surface area contributed by atoms with Crippen LogP contribution in [-0.2, 0) is 0 Å². The maximum absolute atomic E-state index is 4.77.